The van der Waals surface area contributed by atoms with Gasteiger partial charge in [-0.1, -0.05) is 6.92 Å². The molecular weight excluding hydrogens is 270 g/mol. The van der Waals surface area contributed by atoms with E-state index in [2.05, 4.69) is 10.6 Å². The van der Waals surface area contributed by atoms with Crippen LogP contribution in [-0.2, 0) is 0 Å². The van der Waals surface area contributed by atoms with E-state index in [0.717, 1.165) is 0 Å². The van der Waals surface area contributed by atoms with Gasteiger partial charge in [-0.3, -0.25) is 0 Å². The number of halogens is 2. The second-order valence-corrected chi connectivity index (χ2v) is 4.58. The van der Waals surface area contributed by atoms with Crippen molar-refractivity contribution >= 4 is 11.7 Å². The van der Waals surface area contributed by atoms with Gasteiger partial charge in [0.15, 0.2) is 11.5 Å². The Morgan fingerprint density at radius 3 is 2.70 bits per heavy atom. The SMILES string of the molecule is CC[C@@]1(C)Oc2ccc(NC(=O)NCC(F)F)cc2O1. The van der Waals surface area contributed by atoms with Crippen LogP contribution in [0.3, 0.4) is 0 Å². The van der Waals surface area contributed by atoms with Crippen LogP contribution in [0.2, 0.25) is 0 Å². The number of hydrogen-bond donors (Lipinski definition) is 2. The molecule has 5 nitrogen and oxygen atoms in total. The molecule has 1 atom stereocenters. The first kappa shape index (κ1) is 14.4. The van der Waals surface area contributed by atoms with Gasteiger partial charge in [-0.05, 0) is 12.1 Å². The van der Waals surface area contributed by atoms with E-state index in [9.17, 15) is 13.6 Å². The smallest absolute Gasteiger partial charge is 0.319 e. The summed E-state index contributed by atoms with van der Waals surface area (Å²) < 4.78 is 35.2. The van der Waals surface area contributed by atoms with Crippen molar-refractivity contribution in [3.8, 4) is 11.5 Å². The summed E-state index contributed by atoms with van der Waals surface area (Å²) in [5.41, 5.74) is 0.444. The molecule has 20 heavy (non-hydrogen) atoms. The third kappa shape index (κ3) is 3.28. The molecule has 2 amide bonds. The van der Waals surface area contributed by atoms with E-state index >= 15 is 0 Å². The van der Waals surface area contributed by atoms with E-state index in [1.165, 1.54) is 0 Å². The first-order valence-corrected chi connectivity index (χ1v) is 6.27. The van der Waals surface area contributed by atoms with Gasteiger partial charge in [0.1, 0.15) is 0 Å². The maximum Gasteiger partial charge on any atom is 0.319 e. The zero-order valence-corrected chi connectivity index (χ0v) is 11.2. The average Bonchev–Trinajstić information content (AvgIpc) is 2.73. The summed E-state index contributed by atoms with van der Waals surface area (Å²) in [6, 6.07) is 4.19. The van der Waals surface area contributed by atoms with Gasteiger partial charge in [0.2, 0.25) is 5.79 Å². The van der Waals surface area contributed by atoms with Crippen molar-refractivity contribution in [1.29, 1.82) is 0 Å². The van der Waals surface area contributed by atoms with Crippen molar-refractivity contribution in [3.63, 3.8) is 0 Å². The zero-order chi connectivity index (χ0) is 14.8. The molecule has 2 N–H and O–H groups in total. The van der Waals surface area contributed by atoms with Crippen LogP contribution in [0.15, 0.2) is 18.2 Å². The lowest BCUT2D eigenvalue weighted by Crippen LogP contribution is -2.33. The van der Waals surface area contributed by atoms with Crippen LogP contribution in [-0.4, -0.2) is 24.8 Å². The molecule has 0 saturated carbocycles. The Bertz CT molecular complexity index is 510. The molecule has 0 bridgehead atoms. The summed E-state index contributed by atoms with van der Waals surface area (Å²) in [6.45, 7) is 3.06. The molecule has 0 aliphatic carbocycles. The number of carbonyl (C=O) groups is 1. The van der Waals surface area contributed by atoms with Gasteiger partial charge in [-0.15, -0.1) is 0 Å². The number of rotatable bonds is 4. The normalized spacial score (nSPS) is 20.1. The van der Waals surface area contributed by atoms with E-state index < -0.39 is 24.8 Å². The lowest BCUT2D eigenvalue weighted by molar-refractivity contribution is -0.0640. The Kier molecular flexibility index (Phi) is 3.96. The molecule has 1 heterocycles. The summed E-state index contributed by atoms with van der Waals surface area (Å²) >= 11 is 0. The Labute approximate surface area is 115 Å². The molecule has 0 radical (unpaired) electrons. The molecule has 0 saturated heterocycles. The molecule has 1 aliphatic rings. The maximum atomic E-state index is 12.0. The maximum absolute atomic E-state index is 12.0. The third-order valence-corrected chi connectivity index (χ3v) is 2.91. The first-order valence-electron chi connectivity index (χ1n) is 6.27. The summed E-state index contributed by atoms with van der Waals surface area (Å²) in [4.78, 5) is 11.4. The van der Waals surface area contributed by atoms with Gasteiger partial charge in [-0.25, -0.2) is 13.6 Å². The predicted molar refractivity (Wildman–Crippen MR) is 69.4 cm³/mol. The molecule has 2 rings (SSSR count). The van der Waals surface area contributed by atoms with E-state index in [-0.39, 0.29) is 0 Å². The van der Waals surface area contributed by atoms with Crippen molar-refractivity contribution in [2.75, 3.05) is 11.9 Å². The number of benzene rings is 1. The van der Waals surface area contributed by atoms with Crippen LogP contribution in [0, 0.1) is 0 Å². The number of carbonyl (C=O) groups excluding carboxylic acids is 1. The van der Waals surface area contributed by atoms with E-state index in [0.29, 0.717) is 23.6 Å². The van der Waals surface area contributed by atoms with Gasteiger partial charge < -0.3 is 20.1 Å². The molecule has 7 heteroatoms. The highest BCUT2D eigenvalue weighted by Crippen LogP contribution is 2.41. The van der Waals surface area contributed by atoms with Crippen molar-refractivity contribution in [1.82, 2.24) is 5.32 Å². The van der Waals surface area contributed by atoms with Crippen molar-refractivity contribution in [3.05, 3.63) is 18.2 Å². The fourth-order valence-corrected chi connectivity index (χ4v) is 1.73. The Morgan fingerprint density at radius 2 is 2.05 bits per heavy atom. The van der Waals surface area contributed by atoms with Gasteiger partial charge in [-0.2, -0.15) is 0 Å². The van der Waals surface area contributed by atoms with Crippen molar-refractivity contribution in [2.45, 2.75) is 32.5 Å². The molecule has 0 unspecified atom stereocenters. The Morgan fingerprint density at radius 1 is 1.35 bits per heavy atom. The van der Waals surface area contributed by atoms with Crippen molar-refractivity contribution < 1.29 is 23.0 Å². The summed E-state index contributed by atoms with van der Waals surface area (Å²) in [6.07, 6.45) is -1.91. The highest BCUT2D eigenvalue weighted by molar-refractivity contribution is 5.89. The highest BCUT2D eigenvalue weighted by atomic mass is 19.3. The number of hydrogen-bond acceptors (Lipinski definition) is 3. The second kappa shape index (κ2) is 5.52. The van der Waals surface area contributed by atoms with Gasteiger partial charge in [0.05, 0.1) is 6.54 Å². The minimum Gasteiger partial charge on any atom is -0.449 e. The van der Waals surface area contributed by atoms with Gasteiger partial charge >= 0.3 is 6.03 Å². The van der Waals surface area contributed by atoms with Crippen molar-refractivity contribution in [2.24, 2.45) is 0 Å². The fraction of sp³-hybridized carbons (Fsp3) is 0.462. The molecule has 1 aromatic carbocycles. The Balaban J connectivity index is 2.00. The van der Waals surface area contributed by atoms with Crippen LogP contribution in [0.25, 0.3) is 0 Å². The van der Waals surface area contributed by atoms with Crippen LogP contribution in [0.4, 0.5) is 19.3 Å². The van der Waals surface area contributed by atoms with E-state index in [1.54, 1.807) is 18.2 Å². The standard InChI is InChI=1S/C13H16F2N2O3/c1-3-13(2)19-9-5-4-8(6-10(9)20-13)17-12(18)16-7-11(14)15/h4-6,11H,3,7H2,1-2H3,(H2,16,17,18)/t13-/m0/s1. The van der Waals surface area contributed by atoms with Crippen LogP contribution in [0.5, 0.6) is 11.5 Å². The molecular formula is C13H16F2N2O3. The number of nitrogens with one attached hydrogen (secondary N) is 2. The monoisotopic (exact) mass is 286 g/mol. The molecule has 0 aromatic heterocycles. The summed E-state index contributed by atoms with van der Waals surface area (Å²) in [5.74, 6) is 0.396. The number of alkyl halides is 2. The largest absolute Gasteiger partial charge is 0.449 e. The number of urea groups is 1. The molecule has 110 valence electrons. The quantitative estimate of drug-likeness (QED) is 0.894. The Hall–Kier alpha value is -2.05. The minimum atomic E-state index is -2.58. The van der Waals surface area contributed by atoms with Crippen LogP contribution >= 0.6 is 0 Å². The molecule has 1 aromatic rings. The average molecular weight is 286 g/mol. The predicted octanol–water partition coefficient (Wildman–Crippen LogP) is 2.97. The second-order valence-electron chi connectivity index (χ2n) is 4.58. The topological polar surface area (TPSA) is 59.6 Å². The highest BCUT2D eigenvalue weighted by Gasteiger charge is 2.34. The number of amides is 2. The van der Waals surface area contributed by atoms with E-state index in [1.807, 2.05) is 13.8 Å². The third-order valence-electron chi connectivity index (χ3n) is 2.91. The molecule has 0 spiro atoms. The molecule has 0 fully saturated rings. The van der Waals surface area contributed by atoms with Crippen LogP contribution < -0.4 is 20.1 Å². The first-order chi connectivity index (χ1) is 9.42. The lowest BCUT2D eigenvalue weighted by Gasteiger charge is -2.20. The minimum absolute atomic E-state index is 0.444. The van der Waals surface area contributed by atoms with Crippen LogP contribution in [0.1, 0.15) is 20.3 Å². The molecule has 1 aliphatic heterocycles. The zero-order valence-electron chi connectivity index (χ0n) is 11.2. The number of fused-ring (bicyclic) bond motifs is 1. The van der Waals surface area contributed by atoms with Gasteiger partial charge in [0, 0.05) is 25.1 Å². The lowest BCUT2D eigenvalue weighted by atomic mass is 10.2. The number of anilines is 1. The summed E-state index contributed by atoms with van der Waals surface area (Å²) in [7, 11) is 0. The number of ether oxygens (including phenoxy) is 2. The van der Waals surface area contributed by atoms with E-state index in [4.69, 9.17) is 9.47 Å². The fourth-order valence-electron chi connectivity index (χ4n) is 1.73. The van der Waals surface area contributed by atoms with Gasteiger partial charge in [0.25, 0.3) is 6.43 Å². The summed E-state index contributed by atoms with van der Waals surface area (Å²) in [5, 5.41) is 4.51.